The Morgan fingerprint density at radius 2 is 1.82 bits per heavy atom. The van der Waals surface area contributed by atoms with E-state index in [9.17, 15) is 14.4 Å². The number of anilines is 1. The van der Waals surface area contributed by atoms with Crippen molar-refractivity contribution < 1.29 is 18.8 Å². The molecule has 3 N–H and O–H groups in total. The second kappa shape index (κ2) is 7.01. The van der Waals surface area contributed by atoms with Crippen LogP contribution in [-0.2, 0) is 4.79 Å². The van der Waals surface area contributed by atoms with E-state index in [0.717, 1.165) is 11.8 Å². The number of thioether (sulfide) groups is 1. The minimum atomic E-state index is -0.435. The van der Waals surface area contributed by atoms with Crippen LogP contribution < -0.4 is 11.1 Å². The highest BCUT2D eigenvalue weighted by molar-refractivity contribution is 8.18. The number of nitrogen functional groups attached to an aromatic ring is 1. The minimum Gasteiger partial charge on any atom is -0.453 e. The zero-order valence-electron chi connectivity index (χ0n) is 13.9. The molecule has 0 radical (unpaired) electrons. The van der Waals surface area contributed by atoms with Gasteiger partial charge < -0.3 is 10.2 Å². The fourth-order valence-electron chi connectivity index (χ4n) is 2.69. The topological polar surface area (TPSA) is 102 Å². The van der Waals surface area contributed by atoms with Crippen LogP contribution in [0.5, 0.6) is 0 Å². The third-order valence-electron chi connectivity index (χ3n) is 4.05. The summed E-state index contributed by atoms with van der Waals surface area (Å²) in [7, 11) is 0. The van der Waals surface area contributed by atoms with E-state index in [1.165, 1.54) is 12.1 Å². The van der Waals surface area contributed by atoms with Gasteiger partial charge in [0.1, 0.15) is 5.58 Å². The molecule has 0 spiro atoms. The predicted octanol–water partition coefficient (Wildman–Crippen LogP) is 4.88. The number of hydrogen-bond acceptors (Lipinski definition) is 6. The molecular weight excluding hydrogens is 423 g/mol. The lowest BCUT2D eigenvalue weighted by Crippen LogP contribution is -2.17. The SMILES string of the molecule is Nc1c(Cl)cc(C(=O)c2cc3cc(/C=C4\SC(=O)NC4=O)ccc3o2)cc1Cl. The number of rotatable bonds is 3. The number of imide groups is 1. The average molecular weight is 433 g/mol. The Balaban J connectivity index is 1.69. The van der Waals surface area contributed by atoms with E-state index in [-0.39, 0.29) is 27.1 Å². The Morgan fingerprint density at radius 3 is 2.46 bits per heavy atom. The van der Waals surface area contributed by atoms with Crippen molar-refractivity contribution in [2.24, 2.45) is 0 Å². The summed E-state index contributed by atoms with van der Waals surface area (Å²) < 4.78 is 5.63. The van der Waals surface area contributed by atoms with Gasteiger partial charge in [-0.3, -0.25) is 19.7 Å². The van der Waals surface area contributed by atoms with Crippen molar-refractivity contribution in [1.29, 1.82) is 0 Å². The van der Waals surface area contributed by atoms with Gasteiger partial charge in [0.15, 0.2) is 5.76 Å². The van der Waals surface area contributed by atoms with Gasteiger partial charge in [-0.2, -0.15) is 0 Å². The maximum absolute atomic E-state index is 12.7. The normalized spacial score (nSPS) is 15.4. The molecule has 4 rings (SSSR count). The third-order valence-corrected chi connectivity index (χ3v) is 5.48. The first kappa shape index (κ1) is 18.6. The summed E-state index contributed by atoms with van der Waals surface area (Å²) in [5.41, 5.74) is 7.34. The molecule has 3 aromatic rings. The molecule has 2 heterocycles. The number of ketones is 1. The number of furan rings is 1. The molecule has 2 aromatic carbocycles. The number of fused-ring (bicyclic) bond motifs is 1. The second-order valence-electron chi connectivity index (χ2n) is 5.94. The van der Waals surface area contributed by atoms with Crippen molar-refractivity contribution >= 4 is 74.6 Å². The molecular formula is C19H10Cl2N2O4S. The quantitative estimate of drug-likeness (QED) is 0.347. The minimum absolute atomic E-state index is 0.111. The smallest absolute Gasteiger partial charge is 0.290 e. The molecule has 1 saturated heterocycles. The van der Waals surface area contributed by atoms with Gasteiger partial charge in [-0.1, -0.05) is 29.3 Å². The lowest BCUT2D eigenvalue weighted by Gasteiger charge is -2.04. The Morgan fingerprint density at radius 1 is 1.11 bits per heavy atom. The zero-order chi connectivity index (χ0) is 20.0. The summed E-state index contributed by atoms with van der Waals surface area (Å²) in [5, 5.41) is 2.82. The molecule has 6 nitrogen and oxygen atoms in total. The fourth-order valence-corrected chi connectivity index (χ4v) is 3.86. The number of amides is 2. The average Bonchev–Trinajstić information content (AvgIpc) is 3.21. The van der Waals surface area contributed by atoms with Gasteiger partial charge in [0, 0.05) is 10.9 Å². The van der Waals surface area contributed by atoms with E-state index >= 15 is 0 Å². The van der Waals surface area contributed by atoms with Gasteiger partial charge in [0.2, 0.25) is 5.78 Å². The van der Waals surface area contributed by atoms with Crippen LogP contribution in [0.1, 0.15) is 21.7 Å². The number of hydrogen-bond donors (Lipinski definition) is 2. The van der Waals surface area contributed by atoms with E-state index in [2.05, 4.69) is 5.32 Å². The highest BCUT2D eigenvalue weighted by Gasteiger charge is 2.25. The van der Waals surface area contributed by atoms with Crippen LogP contribution in [0.4, 0.5) is 10.5 Å². The Labute approximate surface area is 172 Å². The molecule has 28 heavy (non-hydrogen) atoms. The predicted molar refractivity (Wildman–Crippen MR) is 110 cm³/mol. The summed E-state index contributed by atoms with van der Waals surface area (Å²) in [5.74, 6) is -0.716. The van der Waals surface area contributed by atoms with Gasteiger partial charge in [-0.25, -0.2) is 0 Å². The Kier molecular flexibility index (Phi) is 4.66. The number of benzene rings is 2. The van der Waals surface area contributed by atoms with Gasteiger partial charge in [-0.15, -0.1) is 0 Å². The molecule has 0 saturated carbocycles. The molecule has 0 aliphatic carbocycles. The Hall–Kier alpha value is -2.74. The van der Waals surface area contributed by atoms with Crippen LogP contribution in [0, 0.1) is 0 Å². The van der Waals surface area contributed by atoms with Crippen molar-refractivity contribution in [3.05, 3.63) is 68.2 Å². The number of nitrogens with two attached hydrogens (primary N) is 1. The first-order valence-corrected chi connectivity index (χ1v) is 9.47. The van der Waals surface area contributed by atoms with Gasteiger partial charge in [-0.05, 0) is 53.7 Å². The summed E-state index contributed by atoms with van der Waals surface area (Å²) in [6, 6.07) is 9.61. The highest BCUT2D eigenvalue weighted by Crippen LogP contribution is 2.31. The molecule has 1 aliphatic heterocycles. The Bertz CT molecular complexity index is 1190. The second-order valence-corrected chi connectivity index (χ2v) is 7.77. The number of nitrogens with one attached hydrogen (secondary N) is 1. The van der Waals surface area contributed by atoms with E-state index in [1.807, 2.05) is 0 Å². The van der Waals surface area contributed by atoms with Crippen molar-refractivity contribution in [3.8, 4) is 0 Å². The van der Waals surface area contributed by atoms with E-state index < -0.39 is 16.9 Å². The van der Waals surface area contributed by atoms with Gasteiger partial charge in [0.25, 0.3) is 11.1 Å². The van der Waals surface area contributed by atoms with Crippen LogP contribution in [0.15, 0.2) is 45.7 Å². The monoisotopic (exact) mass is 432 g/mol. The van der Waals surface area contributed by atoms with E-state index in [1.54, 1.807) is 30.3 Å². The van der Waals surface area contributed by atoms with Crippen LogP contribution in [-0.4, -0.2) is 16.9 Å². The number of carbonyl (C=O) groups excluding carboxylic acids is 3. The highest BCUT2D eigenvalue weighted by atomic mass is 35.5. The molecule has 0 atom stereocenters. The molecule has 2 amide bonds. The van der Waals surface area contributed by atoms with Gasteiger partial charge in [0.05, 0.1) is 20.6 Å². The van der Waals surface area contributed by atoms with Crippen molar-refractivity contribution in [2.45, 2.75) is 0 Å². The molecule has 140 valence electrons. The van der Waals surface area contributed by atoms with Crippen LogP contribution in [0.3, 0.4) is 0 Å². The summed E-state index contributed by atoms with van der Waals surface area (Å²) in [4.78, 5) is 35.9. The maximum atomic E-state index is 12.7. The molecule has 9 heteroatoms. The van der Waals surface area contributed by atoms with E-state index in [4.69, 9.17) is 33.4 Å². The summed E-state index contributed by atoms with van der Waals surface area (Å²) in [6.45, 7) is 0. The fraction of sp³-hybridized carbons (Fsp3) is 0. The third kappa shape index (κ3) is 3.40. The van der Waals surface area contributed by atoms with Crippen molar-refractivity contribution in [3.63, 3.8) is 0 Å². The maximum Gasteiger partial charge on any atom is 0.290 e. The zero-order valence-corrected chi connectivity index (χ0v) is 16.2. The lowest BCUT2D eigenvalue weighted by atomic mass is 10.1. The van der Waals surface area contributed by atoms with Gasteiger partial charge >= 0.3 is 0 Å². The molecule has 1 aliphatic rings. The van der Waals surface area contributed by atoms with Crippen LogP contribution in [0.2, 0.25) is 10.0 Å². The molecule has 1 fully saturated rings. The van der Waals surface area contributed by atoms with Crippen molar-refractivity contribution in [2.75, 3.05) is 5.73 Å². The first-order valence-electron chi connectivity index (χ1n) is 7.89. The van der Waals surface area contributed by atoms with E-state index in [0.29, 0.717) is 21.4 Å². The van der Waals surface area contributed by atoms with Crippen LogP contribution in [0.25, 0.3) is 17.0 Å². The number of halogens is 2. The first-order chi connectivity index (χ1) is 13.3. The standard InChI is InChI=1S/C19H10Cl2N2O4S/c20-11-5-10(6-12(21)16(11)22)17(24)14-7-9-3-8(1-2-13(9)27-14)4-15-18(25)23-19(26)28-15/h1-7H,22H2,(H,23,25,26)/b15-4-. The largest absolute Gasteiger partial charge is 0.453 e. The molecule has 1 aromatic heterocycles. The number of carbonyl (C=O) groups is 3. The van der Waals surface area contributed by atoms with Crippen molar-refractivity contribution in [1.82, 2.24) is 5.32 Å². The van der Waals surface area contributed by atoms with Crippen LogP contribution >= 0.6 is 35.0 Å². The molecule has 0 bridgehead atoms. The molecule has 0 unspecified atom stereocenters. The summed E-state index contributed by atoms with van der Waals surface area (Å²) in [6.07, 6.45) is 1.60. The lowest BCUT2D eigenvalue weighted by molar-refractivity contribution is -0.115. The summed E-state index contributed by atoms with van der Waals surface area (Å²) >= 11 is 12.8.